The summed E-state index contributed by atoms with van der Waals surface area (Å²) in [5, 5.41) is 14.7. The second-order valence-electron chi connectivity index (χ2n) is 15.8. The molecule has 3 aliphatic carbocycles. The fraction of sp³-hybridized carbons (Fsp3) is 0.561. The summed E-state index contributed by atoms with van der Waals surface area (Å²) in [5.41, 5.74) is 4.58. The van der Waals surface area contributed by atoms with Crippen LogP contribution in [0.4, 0.5) is 5.69 Å². The number of rotatable bonds is 10. The number of hydrogen-bond acceptors (Lipinski definition) is 7. The summed E-state index contributed by atoms with van der Waals surface area (Å²) in [5.74, 6) is 2.91. The van der Waals surface area contributed by atoms with Crippen LogP contribution in [-0.4, -0.2) is 66.5 Å². The molecule has 1 saturated carbocycles. The molecule has 0 saturated heterocycles. The molecular formula is C41H52ClN3O5. The van der Waals surface area contributed by atoms with Gasteiger partial charge in [-0.05, 0) is 143 Å². The Morgan fingerprint density at radius 2 is 1.96 bits per heavy atom. The Hall–Kier alpha value is -3.49. The predicted octanol–water partition coefficient (Wildman–Crippen LogP) is 8.29. The van der Waals surface area contributed by atoms with Crippen molar-refractivity contribution in [2.45, 2.75) is 101 Å². The maximum Gasteiger partial charge on any atom is 0.329 e. The van der Waals surface area contributed by atoms with Crippen molar-refractivity contribution in [1.82, 2.24) is 9.88 Å². The SMILES string of the molecule is C[C@@H](COc1ccnc2c1[C@H](C)CCC2)C[C@H]1Cc2cc3c(cc2C12CCC(Nc1cccc(Cl)c1)(C(=O)O)CC2)OCC[C@@H](CN(C)C)O3. The number of aromatic nitrogens is 1. The Morgan fingerprint density at radius 1 is 1.14 bits per heavy atom. The smallest absolute Gasteiger partial charge is 0.329 e. The van der Waals surface area contributed by atoms with Crippen molar-refractivity contribution in [2.75, 3.05) is 39.2 Å². The molecule has 9 heteroatoms. The van der Waals surface area contributed by atoms with E-state index in [9.17, 15) is 9.90 Å². The molecule has 1 spiro atoms. The Bertz CT molecular complexity index is 1700. The molecule has 0 bridgehead atoms. The average Bonchev–Trinajstić information content (AvgIpc) is 3.20. The topological polar surface area (TPSA) is 93.2 Å². The van der Waals surface area contributed by atoms with Gasteiger partial charge >= 0.3 is 5.97 Å². The second kappa shape index (κ2) is 14.3. The van der Waals surface area contributed by atoms with E-state index >= 15 is 0 Å². The highest BCUT2D eigenvalue weighted by Gasteiger charge is 2.54. The minimum absolute atomic E-state index is 0.0673. The number of likely N-dealkylation sites (N-methyl/N-ethyl adjacent to an activating group) is 1. The van der Waals surface area contributed by atoms with E-state index in [1.54, 1.807) is 0 Å². The summed E-state index contributed by atoms with van der Waals surface area (Å²) in [6, 6.07) is 13.9. The van der Waals surface area contributed by atoms with Crippen LogP contribution in [0.2, 0.25) is 5.02 Å². The molecular weight excluding hydrogens is 650 g/mol. The highest BCUT2D eigenvalue weighted by molar-refractivity contribution is 6.30. The van der Waals surface area contributed by atoms with E-state index in [0.29, 0.717) is 48.8 Å². The van der Waals surface area contributed by atoms with Crippen molar-refractivity contribution >= 4 is 23.3 Å². The molecule has 0 radical (unpaired) electrons. The molecule has 1 aromatic heterocycles. The van der Waals surface area contributed by atoms with Gasteiger partial charge in [0, 0.05) is 41.1 Å². The number of anilines is 1. The lowest BCUT2D eigenvalue weighted by Gasteiger charge is -2.47. The van der Waals surface area contributed by atoms with Crippen LogP contribution in [0.15, 0.2) is 48.7 Å². The van der Waals surface area contributed by atoms with Gasteiger partial charge in [-0.25, -0.2) is 4.79 Å². The van der Waals surface area contributed by atoms with Gasteiger partial charge in [-0.1, -0.05) is 31.5 Å². The monoisotopic (exact) mass is 701 g/mol. The van der Waals surface area contributed by atoms with Crippen LogP contribution in [0.1, 0.15) is 93.5 Å². The lowest BCUT2D eigenvalue weighted by atomic mass is 9.59. The van der Waals surface area contributed by atoms with Crippen LogP contribution in [0.3, 0.4) is 0 Å². The number of nitrogens with one attached hydrogen (secondary N) is 1. The van der Waals surface area contributed by atoms with E-state index in [1.807, 2.05) is 36.5 Å². The van der Waals surface area contributed by atoms with E-state index in [2.05, 4.69) is 55.3 Å². The van der Waals surface area contributed by atoms with E-state index in [0.717, 1.165) is 68.0 Å². The number of carboxylic acid groups (broad SMARTS) is 1. The molecule has 8 nitrogen and oxygen atoms in total. The molecule has 2 aromatic carbocycles. The molecule has 2 heterocycles. The van der Waals surface area contributed by atoms with Crippen molar-refractivity contribution in [3.63, 3.8) is 0 Å². The molecule has 3 aromatic rings. The van der Waals surface area contributed by atoms with Gasteiger partial charge in [-0.2, -0.15) is 0 Å². The molecule has 4 aliphatic rings. The molecule has 50 heavy (non-hydrogen) atoms. The average molecular weight is 702 g/mol. The first-order chi connectivity index (χ1) is 24.0. The standard InChI is InChI=1S/C41H52ClN3O5/c1-26(25-49-35-11-17-43-34-10-5-7-27(2)38(34)35)19-29-20-28-21-37-36(48-18-12-32(50-37)24-45(3)4)23-33(28)40(29)13-15-41(16-14-40,39(46)47)44-31-9-6-8-30(42)22-31/h6,8-9,11,17,21-23,26-27,29,32,44H,5,7,10,12-16,18-20,24-25H2,1-4H3,(H,46,47)/t26-,27-,29+,32+,40?,41?/m1/s1. The van der Waals surface area contributed by atoms with Gasteiger partial charge in [-0.15, -0.1) is 0 Å². The quantitative estimate of drug-likeness (QED) is 0.218. The summed E-state index contributed by atoms with van der Waals surface area (Å²) < 4.78 is 19.5. The number of halogens is 1. The van der Waals surface area contributed by atoms with Gasteiger partial charge in [0.15, 0.2) is 11.5 Å². The van der Waals surface area contributed by atoms with Crippen molar-refractivity contribution in [1.29, 1.82) is 0 Å². The third-order valence-corrected chi connectivity index (χ3v) is 12.1. The Labute approximate surface area is 301 Å². The van der Waals surface area contributed by atoms with Crippen molar-refractivity contribution in [2.24, 2.45) is 11.8 Å². The number of hydrogen-bond donors (Lipinski definition) is 2. The van der Waals surface area contributed by atoms with Gasteiger partial charge in [-0.3, -0.25) is 4.98 Å². The third kappa shape index (κ3) is 6.90. The number of fused-ring (bicyclic) bond motifs is 4. The predicted molar refractivity (Wildman–Crippen MR) is 197 cm³/mol. The zero-order valence-electron chi connectivity index (χ0n) is 30.0. The number of carbonyl (C=O) groups is 1. The Kier molecular flexibility index (Phi) is 9.97. The fourth-order valence-corrected chi connectivity index (χ4v) is 9.58. The normalized spacial score (nSPS) is 27.7. The van der Waals surface area contributed by atoms with Crippen molar-refractivity contribution < 1.29 is 24.1 Å². The molecule has 7 rings (SSSR count). The van der Waals surface area contributed by atoms with Gasteiger partial charge in [0.1, 0.15) is 17.4 Å². The number of nitrogens with zero attached hydrogens (tertiary/aromatic N) is 2. The zero-order valence-corrected chi connectivity index (χ0v) is 30.7. The van der Waals surface area contributed by atoms with E-state index in [1.165, 1.54) is 35.2 Å². The van der Waals surface area contributed by atoms with Gasteiger partial charge < -0.3 is 29.5 Å². The molecule has 0 amide bonds. The third-order valence-electron chi connectivity index (χ3n) is 11.9. The number of pyridine rings is 1. The van der Waals surface area contributed by atoms with E-state index in [4.69, 9.17) is 25.8 Å². The molecule has 1 fully saturated rings. The largest absolute Gasteiger partial charge is 0.493 e. The lowest BCUT2D eigenvalue weighted by Crippen LogP contribution is -2.53. The first-order valence-corrected chi connectivity index (χ1v) is 18.9. The lowest BCUT2D eigenvalue weighted by molar-refractivity contribution is -0.144. The summed E-state index contributed by atoms with van der Waals surface area (Å²) >= 11 is 6.29. The molecule has 2 N–H and O–H groups in total. The summed E-state index contributed by atoms with van der Waals surface area (Å²) in [6.07, 6.45) is 10.6. The highest BCUT2D eigenvalue weighted by atomic mass is 35.5. The fourth-order valence-electron chi connectivity index (χ4n) is 9.39. The van der Waals surface area contributed by atoms with Gasteiger partial charge in [0.25, 0.3) is 0 Å². The van der Waals surface area contributed by atoms with Crippen LogP contribution in [0.25, 0.3) is 0 Å². The van der Waals surface area contributed by atoms with Crippen LogP contribution in [-0.2, 0) is 23.1 Å². The molecule has 4 atom stereocenters. The second-order valence-corrected chi connectivity index (χ2v) is 16.2. The van der Waals surface area contributed by atoms with Crippen LogP contribution in [0.5, 0.6) is 17.2 Å². The number of carboxylic acids is 1. The Morgan fingerprint density at radius 3 is 2.72 bits per heavy atom. The summed E-state index contributed by atoms with van der Waals surface area (Å²) in [7, 11) is 4.15. The van der Waals surface area contributed by atoms with Crippen LogP contribution in [0, 0.1) is 11.8 Å². The number of ether oxygens (including phenoxy) is 3. The van der Waals surface area contributed by atoms with E-state index < -0.39 is 11.5 Å². The molecule has 1 aliphatic heterocycles. The maximum atomic E-state index is 13.0. The maximum absolute atomic E-state index is 13.0. The Balaban J connectivity index is 1.16. The molecule has 268 valence electrons. The van der Waals surface area contributed by atoms with Gasteiger partial charge in [0.2, 0.25) is 0 Å². The summed E-state index contributed by atoms with van der Waals surface area (Å²) in [6.45, 7) is 6.66. The van der Waals surface area contributed by atoms with Gasteiger partial charge in [0.05, 0.1) is 13.2 Å². The van der Waals surface area contributed by atoms with Crippen molar-refractivity contribution in [3.05, 3.63) is 76.1 Å². The number of benzene rings is 2. The minimum Gasteiger partial charge on any atom is -0.493 e. The highest BCUT2D eigenvalue weighted by Crippen LogP contribution is 2.58. The first-order valence-electron chi connectivity index (χ1n) is 18.5. The van der Waals surface area contributed by atoms with Crippen molar-refractivity contribution in [3.8, 4) is 17.2 Å². The first kappa shape index (κ1) is 34.9. The summed E-state index contributed by atoms with van der Waals surface area (Å²) in [4.78, 5) is 19.8. The number of aliphatic carboxylic acids is 1. The zero-order chi connectivity index (χ0) is 35.0. The van der Waals surface area contributed by atoms with E-state index in [-0.39, 0.29) is 11.5 Å². The van der Waals surface area contributed by atoms with Crippen LogP contribution < -0.4 is 19.5 Å². The van der Waals surface area contributed by atoms with Crippen LogP contribution >= 0.6 is 11.6 Å². The molecule has 0 unspecified atom stereocenters. The minimum atomic E-state index is -1.07. The number of aryl methyl sites for hydroxylation is 1.